The molecule has 4 nitrogen and oxygen atoms in total. The van der Waals surface area contributed by atoms with Crippen LogP contribution >= 0.6 is 0 Å². The van der Waals surface area contributed by atoms with Crippen molar-refractivity contribution in [2.24, 2.45) is 0 Å². The standard InChI is InChI=1S/C14H18N2O2/c1-11-10-12-4-2-3-5-13(12)15-14(11)16(6-8-17)7-9-18/h2-5,10,17-18H,6-9H2,1H3. The van der Waals surface area contributed by atoms with Crippen LogP contribution in [0.15, 0.2) is 30.3 Å². The zero-order valence-electron chi connectivity index (χ0n) is 10.5. The summed E-state index contributed by atoms with van der Waals surface area (Å²) < 4.78 is 0. The molecule has 0 unspecified atom stereocenters. The zero-order valence-corrected chi connectivity index (χ0v) is 10.5. The smallest absolute Gasteiger partial charge is 0.132 e. The molecule has 1 heterocycles. The lowest BCUT2D eigenvalue weighted by molar-refractivity contribution is 0.280. The molecule has 0 aliphatic carbocycles. The lowest BCUT2D eigenvalue weighted by Gasteiger charge is -2.23. The molecule has 0 atom stereocenters. The average molecular weight is 246 g/mol. The van der Waals surface area contributed by atoms with Crippen LogP contribution in [0, 0.1) is 6.92 Å². The van der Waals surface area contributed by atoms with E-state index in [2.05, 4.69) is 11.1 Å². The van der Waals surface area contributed by atoms with Crippen LogP contribution in [0.4, 0.5) is 5.82 Å². The van der Waals surface area contributed by atoms with Gasteiger partial charge in [-0.15, -0.1) is 0 Å². The second-order valence-electron chi connectivity index (χ2n) is 4.26. The number of pyridine rings is 1. The molecule has 18 heavy (non-hydrogen) atoms. The number of para-hydroxylation sites is 1. The van der Waals surface area contributed by atoms with Crippen LogP contribution in [0.3, 0.4) is 0 Å². The van der Waals surface area contributed by atoms with Gasteiger partial charge in [0.25, 0.3) is 0 Å². The van der Waals surface area contributed by atoms with Gasteiger partial charge in [-0.25, -0.2) is 4.98 Å². The molecule has 1 aromatic carbocycles. The molecule has 0 spiro atoms. The van der Waals surface area contributed by atoms with Gasteiger partial charge in [-0.2, -0.15) is 0 Å². The molecule has 2 N–H and O–H groups in total. The van der Waals surface area contributed by atoms with Gasteiger partial charge in [-0.05, 0) is 24.6 Å². The van der Waals surface area contributed by atoms with E-state index in [0.717, 1.165) is 22.3 Å². The second kappa shape index (κ2) is 5.80. The summed E-state index contributed by atoms with van der Waals surface area (Å²) >= 11 is 0. The molecule has 4 heteroatoms. The quantitative estimate of drug-likeness (QED) is 0.835. The summed E-state index contributed by atoms with van der Waals surface area (Å²) in [5, 5.41) is 19.3. The topological polar surface area (TPSA) is 56.6 Å². The van der Waals surface area contributed by atoms with Gasteiger partial charge in [0.05, 0.1) is 18.7 Å². The van der Waals surface area contributed by atoms with Gasteiger partial charge in [-0.1, -0.05) is 18.2 Å². The van der Waals surface area contributed by atoms with E-state index in [0.29, 0.717) is 13.1 Å². The van der Waals surface area contributed by atoms with Crippen LogP contribution in [0.25, 0.3) is 10.9 Å². The van der Waals surface area contributed by atoms with Crippen molar-refractivity contribution >= 4 is 16.7 Å². The van der Waals surface area contributed by atoms with Crippen molar-refractivity contribution in [2.75, 3.05) is 31.2 Å². The molecule has 0 amide bonds. The number of aliphatic hydroxyl groups is 2. The summed E-state index contributed by atoms with van der Waals surface area (Å²) in [7, 11) is 0. The number of aromatic nitrogens is 1. The Kier molecular flexibility index (Phi) is 4.12. The SMILES string of the molecule is Cc1cc2ccccc2nc1N(CCO)CCO. The zero-order chi connectivity index (χ0) is 13.0. The summed E-state index contributed by atoms with van der Waals surface area (Å²) in [6, 6.07) is 10.0. The minimum Gasteiger partial charge on any atom is -0.395 e. The Morgan fingerprint density at radius 3 is 2.44 bits per heavy atom. The van der Waals surface area contributed by atoms with Crippen LogP contribution < -0.4 is 4.90 Å². The summed E-state index contributed by atoms with van der Waals surface area (Å²) in [4.78, 5) is 6.52. The molecule has 0 fully saturated rings. The van der Waals surface area contributed by atoms with E-state index >= 15 is 0 Å². The van der Waals surface area contributed by atoms with Crippen LogP contribution in [0.5, 0.6) is 0 Å². The maximum absolute atomic E-state index is 9.08. The maximum atomic E-state index is 9.08. The van der Waals surface area contributed by atoms with Crippen molar-refractivity contribution < 1.29 is 10.2 Å². The Morgan fingerprint density at radius 2 is 1.78 bits per heavy atom. The number of hydrogen-bond donors (Lipinski definition) is 2. The normalized spacial score (nSPS) is 10.8. The molecule has 2 aromatic rings. The molecule has 0 radical (unpaired) electrons. The van der Waals surface area contributed by atoms with E-state index in [-0.39, 0.29) is 13.2 Å². The van der Waals surface area contributed by atoms with Crippen molar-refractivity contribution in [3.63, 3.8) is 0 Å². The Bertz CT molecular complexity index is 522. The predicted octanol–water partition coefficient (Wildman–Crippen LogP) is 1.33. The van der Waals surface area contributed by atoms with Crippen molar-refractivity contribution in [2.45, 2.75) is 6.92 Å². The number of hydrogen-bond acceptors (Lipinski definition) is 4. The number of benzene rings is 1. The van der Waals surface area contributed by atoms with E-state index in [9.17, 15) is 0 Å². The van der Waals surface area contributed by atoms with Crippen LogP contribution in [-0.4, -0.2) is 41.5 Å². The number of fused-ring (bicyclic) bond motifs is 1. The van der Waals surface area contributed by atoms with E-state index in [1.54, 1.807) is 0 Å². The first-order valence-electron chi connectivity index (χ1n) is 6.09. The predicted molar refractivity (Wildman–Crippen MR) is 72.9 cm³/mol. The molecule has 0 saturated carbocycles. The fraction of sp³-hybridized carbons (Fsp3) is 0.357. The van der Waals surface area contributed by atoms with Crippen LogP contribution in [-0.2, 0) is 0 Å². The maximum Gasteiger partial charge on any atom is 0.132 e. The summed E-state index contributed by atoms with van der Waals surface area (Å²) in [5.74, 6) is 0.830. The van der Waals surface area contributed by atoms with Gasteiger partial charge in [0.2, 0.25) is 0 Å². The largest absolute Gasteiger partial charge is 0.395 e. The summed E-state index contributed by atoms with van der Waals surface area (Å²) in [5.41, 5.74) is 1.98. The van der Waals surface area contributed by atoms with E-state index in [1.807, 2.05) is 36.1 Å². The van der Waals surface area contributed by atoms with Gasteiger partial charge >= 0.3 is 0 Å². The number of rotatable bonds is 5. The van der Waals surface area contributed by atoms with Crippen molar-refractivity contribution in [3.8, 4) is 0 Å². The third-order valence-corrected chi connectivity index (χ3v) is 2.93. The Morgan fingerprint density at radius 1 is 1.11 bits per heavy atom. The highest BCUT2D eigenvalue weighted by Gasteiger charge is 2.11. The Hall–Kier alpha value is -1.65. The van der Waals surface area contributed by atoms with Crippen molar-refractivity contribution in [1.29, 1.82) is 0 Å². The van der Waals surface area contributed by atoms with Crippen molar-refractivity contribution in [3.05, 3.63) is 35.9 Å². The number of anilines is 1. The number of nitrogens with zero attached hydrogens (tertiary/aromatic N) is 2. The molecular formula is C14H18N2O2. The minimum absolute atomic E-state index is 0.0496. The molecular weight excluding hydrogens is 228 g/mol. The monoisotopic (exact) mass is 246 g/mol. The highest BCUT2D eigenvalue weighted by atomic mass is 16.3. The number of aryl methyl sites for hydroxylation is 1. The average Bonchev–Trinajstić information content (AvgIpc) is 2.38. The third kappa shape index (κ3) is 2.60. The molecule has 0 aliphatic heterocycles. The molecule has 1 aromatic heterocycles. The molecule has 96 valence electrons. The van der Waals surface area contributed by atoms with Gasteiger partial charge in [0.15, 0.2) is 0 Å². The fourth-order valence-electron chi connectivity index (χ4n) is 2.10. The minimum atomic E-state index is 0.0496. The fourth-order valence-corrected chi connectivity index (χ4v) is 2.10. The molecule has 0 aliphatic rings. The first-order valence-corrected chi connectivity index (χ1v) is 6.09. The highest BCUT2D eigenvalue weighted by molar-refractivity contribution is 5.81. The lowest BCUT2D eigenvalue weighted by Crippen LogP contribution is -2.31. The van der Waals surface area contributed by atoms with Gasteiger partial charge in [0.1, 0.15) is 5.82 Å². The van der Waals surface area contributed by atoms with E-state index < -0.39 is 0 Å². The van der Waals surface area contributed by atoms with Crippen LogP contribution in [0.1, 0.15) is 5.56 Å². The Balaban J connectivity index is 2.44. The van der Waals surface area contributed by atoms with Crippen LogP contribution in [0.2, 0.25) is 0 Å². The molecule has 0 saturated heterocycles. The summed E-state index contributed by atoms with van der Waals surface area (Å²) in [6.07, 6.45) is 0. The third-order valence-electron chi connectivity index (χ3n) is 2.93. The first-order chi connectivity index (χ1) is 8.76. The molecule has 2 rings (SSSR count). The van der Waals surface area contributed by atoms with E-state index in [4.69, 9.17) is 10.2 Å². The van der Waals surface area contributed by atoms with Crippen molar-refractivity contribution in [1.82, 2.24) is 4.98 Å². The van der Waals surface area contributed by atoms with Gasteiger partial charge in [-0.3, -0.25) is 0 Å². The first kappa shape index (κ1) is 12.8. The molecule has 0 bridgehead atoms. The Labute approximate surface area is 107 Å². The van der Waals surface area contributed by atoms with Gasteiger partial charge < -0.3 is 15.1 Å². The van der Waals surface area contributed by atoms with Gasteiger partial charge in [0, 0.05) is 18.5 Å². The summed E-state index contributed by atoms with van der Waals surface area (Å²) in [6.45, 7) is 3.05. The highest BCUT2D eigenvalue weighted by Crippen LogP contribution is 2.22. The lowest BCUT2D eigenvalue weighted by atomic mass is 10.1. The number of aliphatic hydroxyl groups excluding tert-OH is 2. The van der Waals surface area contributed by atoms with E-state index in [1.165, 1.54) is 0 Å². The second-order valence-corrected chi connectivity index (χ2v) is 4.26.